The highest BCUT2D eigenvalue weighted by molar-refractivity contribution is 9.10. The fraction of sp³-hybridized carbons (Fsp3) is 0.0500. The second-order valence-electron chi connectivity index (χ2n) is 5.99. The summed E-state index contributed by atoms with van der Waals surface area (Å²) in [5.74, 6) is -2.25. The predicted molar refractivity (Wildman–Crippen MR) is 108 cm³/mol. The molecule has 0 saturated heterocycles. The summed E-state index contributed by atoms with van der Waals surface area (Å²) in [6.45, 7) is 0.157. The van der Waals surface area contributed by atoms with E-state index in [1.165, 1.54) is 16.2 Å². The molecule has 2 heterocycles. The van der Waals surface area contributed by atoms with Gasteiger partial charge in [0.2, 0.25) is 0 Å². The van der Waals surface area contributed by atoms with Crippen LogP contribution in [0, 0.1) is 11.6 Å². The fourth-order valence-corrected chi connectivity index (χ4v) is 4.23. The van der Waals surface area contributed by atoms with Crippen molar-refractivity contribution in [2.24, 2.45) is 0 Å². The molecular weight excluding hydrogens is 448 g/mol. The van der Waals surface area contributed by atoms with E-state index in [0.717, 1.165) is 32.4 Å². The summed E-state index contributed by atoms with van der Waals surface area (Å²) in [5.41, 5.74) is 1.27. The Kier molecular flexibility index (Phi) is 5.15. The molecule has 8 heteroatoms. The van der Waals surface area contributed by atoms with Crippen LogP contribution >= 0.6 is 27.3 Å². The third-order valence-corrected chi connectivity index (χ3v) is 5.57. The lowest BCUT2D eigenvalue weighted by atomic mass is 10.1. The topological polar surface area (TPSA) is 46.1 Å². The third kappa shape index (κ3) is 3.79. The molecule has 1 amide bonds. The molecule has 0 N–H and O–H groups in total. The summed E-state index contributed by atoms with van der Waals surface area (Å²) in [7, 11) is 0. The average Bonchev–Trinajstić information content (AvgIpc) is 3.09. The number of fused-ring (bicyclic) bond motifs is 1. The normalized spacial score (nSPS) is 11.0. The molecule has 28 heavy (non-hydrogen) atoms. The molecule has 2 aromatic heterocycles. The van der Waals surface area contributed by atoms with Gasteiger partial charge in [-0.3, -0.25) is 14.7 Å². The van der Waals surface area contributed by atoms with Gasteiger partial charge in [-0.05, 0) is 42.0 Å². The molecular formula is C20H12BrF2N3OS. The van der Waals surface area contributed by atoms with Gasteiger partial charge in [-0.25, -0.2) is 13.8 Å². The van der Waals surface area contributed by atoms with Gasteiger partial charge in [-0.15, -0.1) is 0 Å². The predicted octanol–water partition coefficient (Wildman–Crippen LogP) is 5.58. The largest absolute Gasteiger partial charge is 0.279 e. The van der Waals surface area contributed by atoms with Crippen molar-refractivity contribution < 1.29 is 13.6 Å². The molecule has 4 aromatic rings. The number of aromatic nitrogens is 2. The van der Waals surface area contributed by atoms with Gasteiger partial charge in [-0.1, -0.05) is 33.3 Å². The minimum Gasteiger partial charge on any atom is -0.279 e. The molecule has 0 saturated carbocycles. The highest BCUT2D eigenvalue weighted by Gasteiger charge is 2.24. The van der Waals surface area contributed by atoms with Gasteiger partial charge in [0, 0.05) is 22.9 Å². The van der Waals surface area contributed by atoms with Crippen LogP contribution in [0.4, 0.5) is 13.9 Å². The van der Waals surface area contributed by atoms with E-state index >= 15 is 0 Å². The number of carbonyl (C=O) groups excluding carboxylic acids is 1. The number of benzene rings is 2. The molecule has 0 aliphatic heterocycles. The first-order chi connectivity index (χ1) is 13.5. The summed E-state index contributed by atoms with van der Waals surface area (Å²) >= 11 is 4.74. The average molecular weight is 460 g/mol. The van der Waals surface area contributed by atoms with E-state index in [-0.39, 0.29) is 12.1 Å². The summed E-state index contributed by atoms with van der Waals surface area (Å²) < 4.78 is 29.3. The Bertz CT molecular complexity index is 1170. The molecule has 0 bridgehead atoms. The standard InChI is InChI=1S/C20H12BrF2N3OS/c21-13-3-6-17-18(8-13)28-20(25-17)26(11-12-2-1-7-24-10-12)19(27)15-5-4-14(22)9-16(15)23/h1-10H,11H2. The molecule has 0 radical (unpaired) electrons. The Morgan fingerprint density at radius 1 is 1.14 bits per heavy atom. The van der Waals surface area contributed by atoms with Gasteiger partial charge in [-0.2, -0.15) is 0 Å². The number of anilines is 1. The first-order valence-corrected chi connectivity index (χ1v) is 9.84. The lowest BCUT2D eigenvalue weighted by Gasteiger charge is -2.20. The number of rotatable bonds is 4. The summed E-state index contributed by atoms with van der Waals surface area (Å²) in [5, 5.41) is 0.422. The molecule has 0 fully saturated rings. The number of pyridine rings is 1. The van der Waals surface area contributed by atoms with Gasteiger partial charge < -0.3 is 0 Å². The highest BCUT2D eigenvalue weighted by atomic mass is 79.9. The Balaban J connectivity index is 1.79. The van der Waals surface area contributed by atoms with Gasteiger partial charge in [0.05, 0.1) is 22.3 Å². The molecule has 0 unspecified atom stereocenters. The molecule has 4 rings (SSSR count). The van der Waals surface area contributed by atoms with Crippen LogP contribution in [0.3, 0.4) is 0 Å². The summed E-state index contributed by atoms with van der Waals surface area (Å²) in [6.07, 6.45) is 3.26. The molecule has 140 valence electrons. The second-order valence-corrected chi connectivity index (χ2v) is 7.91. The van der Waals surface area contributed by atoms with Crippen molar-refractivity contribution in [1.29, 1.82) is 0 Å². The van der Waals surface area contributed by atoms with E-state index in [2.05, 4.69) is 25.9 Å². The van der Waals surface area contributed by atoms with Crippen molar-refractivity contribution in [3.05, 3.63) is 88.2 Å². The summed E-state index contributed by atoms with van der Waals surface area (Å²) in [4.78, 5) is 23.1. The van der Waals surface area contributed by atoms with E-state index < -0.39 is 17.5 Å². The van der Waals surface area contributed by atoms with E-state index in [1.807, 2.05) is 24.3 Å². The first kappa shape index (κ1) is 18.6. The third-order valence-electron chi connectivity index (χ3n) is 4.04. The Labute approximate surface area is 171 Å². The van der Waals surface area contributed by atoms with Crippen molar-refractivity contribution in [2.45, 2.75) is 6.54 Å². The molecule has 2 aromatic carbocycles. The van der Waals surface area contributed by atoms with Crippen LogP contribution in [-0.4, -0.2) is 15.9 Å². The number of hydrogen-bond acceptors (Lipinski definition) is 4. The van der Waals surface area contributed by atoms with Crippen molar-refractivity contribution in [2.75, 3.05) is 4.90 Å². The minimum atomic E-state index is -0.912. The number of thiazole rings is 1. The van der Waals surface area contributed by atoms with Crippen LogP contribution in [0.2, 0.25) is 0 Å². The molecule has 0 atom stereocenters. The molecule has 0 aliphatic rings. The Morgan fingerprint density at radius 2 is 2.00 bits per heavy atom. The van der Waals surface area contributed by atoms with Crippen LogP contribution in [0.1, 0.15) is 15.9 Å². The Hall–Kier alpha value is -2.71. The van der Waals surface area contributed by atoms with Crippen LogP contribution in [0.15, 0.2) is 65.4 Å². The maximum atomic E-state index is 14.3. The monoisotopic (exact) mass is 459 g/mol. The lowest BCUT2D eigenvalue weighted by molar-refractivity contribution is 0.0981. The number of halogens is 3. The zero-order chi connectivity index (χ0) is 19.7. The van der Waals surface area contributed by atoms with Gasteiger partial charge in [0.25, 0.3) is 5.91 Å². The zero-order valence-electron chi connectivity index (χ0n) is 14.3. The van der Waals surface area contributed by atoms with E-state index in [1.54, 1.807) is 18.5 Å². The fourth-order valence-electron chi connectivity index (χ4n) is 2.71. The van der Waals surface area contributed by atoms with Gasteiger partial charge >= 0.3 is 0 Å². The zero-order valence-corrected chi connectivity index (χ0v) is 16.7. The number of amides is 1. The highest BCUT2D eigenvalue weighted by Crippen LogP contribution is 2.32. The number of hydrogen-bond donors (Lipinski definition) is 0. The van der Waals surface area contributed by atoms with E-state index in [4.69, 9.17) is 0 Å². The van der Waals surface area contributed by atoms with Crippen molar-refractivity contribution in [3.63, 3.8) is 0 Å². The van der Waals surface area contributed by atoms with Crippen molar-refractivity contribution in [3.8, 4) is 0 Å². The van der Waals surface area contributed by atoms with Crippen LogP contribution < -0.4 is 4.90 Å². The quantitative estimate of drug-likeness (QED) is 0.400. The maximum Gasteiger partial charge on any atom is 0.263 e. The second kappa shape index (κ2) is 7.73. The molecule has 0 aliphatic carbocycles. The number of nitrogens with zero attached hydrogens (tertiary/aromatic N) is 3. The number of carbonyl (C=O) groups is 1. The SMILES string of the molecule is O=C(c1ccc(F)cc1F)N(Cc1cccnc1)c1nc2ccc(Br)cc2s1. The van der Waals surface area contributed by atoms with E-state index in [9.17, 15) is 13.6 Å². The van der Waals surface area contributed by atoms with Crippen molar-refractivity contribution in [1.82, 2.24) is 9.97 Å². The van der Waals surface area contributed by atoms with Gasteiger partial charge in [0.1, 0.15) is 11.6 Å². The van der Waals surface area contributed by atoms with Gasteiger partial charge in [0.15, 0.2) is 5.13 Å². The van der Waals surface area contributed by atoms with Crippen LogP contribution in [0.25, 0.3) is 10.2 Å². The van der Waals surface area contributed by atoms with Crippen LogP contribution in [0.5, 0.6) is 0 Å². The minimum absolute atomic E-state index is 0.157. The Morgan fingerprint density at radius 3 is 2.75 bits per heavy atom. The maximum absolute atomic E-state index is 14.3. The van der Waals surface area contributed by atoms with Crippen molar-refractivity contribution >= 4 is 48.5 Å². The molecule has 0 spiro atoms. The van der Waals surface area contributed by atoms with Crippen LogP contribution in [-0.2, 0) is 6.54 Å². The molecule has 4 nitrogen and oxygen atoms in total. The summed E-state index contributed by atoms with van der Waals surface area (Å²) in [6, 6.07) is 12.1. The first-order valence-electron chi connectivity index (χ1n) is 8.23. The lowest BCUT2D eigenvalue weighted by Crippen LogP contribution is -2.31. The smallest absolute Gasteiger partial charge is 0.263 e. The van der Waals surface area contributed by atoms with E-state index in [0.29, 0.717) is 11.2 Å².